The van der Waals surface area contributed by atoms with Gasteiger partial charge in [0.15, 0.2) is 5.65 Å². The molecule has 34 heavy (non-hydrogen) atoms. The molecular formula is C26H21FN4O3. The summed E-state index contributed by atoms with van der Waals surface area (Å²) >= 11 is 0. The summed E-state index contributed by atoms with van der Waals surface area (Å²) in [4.78, 5) is 16.4. The molecule has 5 aromatic rings. The van der Waals surface area contributed by atoms with Gasteiger partial charge >= 0.3 is 5.97 Å². The van der Waals surface area contributed by atoms with Gasteiger partial charge < -0.3 is 14.4 Å². The molecule has 0 amide bonds. The van der Waals surface area contributed by atoms with Gasteiger partial charge in [-0.1, -0.05) is 12.1 Å². The smallest absolute Gasteiger partial charge is 0.335 e. The highest BCUT2D eigenvalue weighted by Gasteiger charge is 2.29. The van der Waals surface area contributed by atoms with Crippen LogP contribution in [0.2, 0.25) is 0 Å². The van der Waals surface area contributed by atoms with E-state index in [1.165, 1.54) is 12.1 Å². The normalized spacial score (nSPS) is 14.7. The molecule has 1 fully saturated rings. The van der Waals surface area contributed by atoms with Crippen LogP contribution < -0.4 is 0 Å². The van der Waals surface area contributed by atoms with E-state index in [0.717, 1.165) is 51.8 Å². The van der Waals surface area contributed by atoms with Crippen LogP contribution in [0.25, 0.3) is 38.9 Å². The van der Waals surface area contributed by atoms with Gasteiger partial charge in [0.05, 0.1) is 22.8 Å². The molecule has 0 bridgehead atoms. The van der Waals surface area contributed by atoms with Gasteiger partial charge in [0, 0.05) is 41.5 Å². The molecule has 0 radical (unpaired) electrons. The number of pyridine rings is 1. The van der Waals surface area contributed by atoms with E-state index in [1.54, 1.807) is 30.5 Å². The van der Waals surface area contributed by atoms with Crippen molar-refractivity contribution in [1.29, 1.82) is 0 Å². The Morgan fingerprint density at radius 3 is 2.53 bits per heavy atom. The average molecular weight is 456 g/mol. The molecule has 1 aliphatic heterocycles. The lowest BCUT2D eigenvalue weighted by Gasteiger charge is -2.25. The summed E-state index contributed by atoms with van der Waals surface area (Å²) in [7, 11) is 0. The van der Waals surface area contributed by atoms with Gasteiger partial charge in [-0.3, -0.25) is 5.10 Å². The Morgan fingerprint density at radius 2 is 1.82 bits per heavy atom. The van der Waals surface area contributed by atoms with E-state index in [1.807, 2.05) is 18.2 Å². The number of carboxylic acid groups (broad SMARTS) is 1. The molecule has 0 aliphatic carbocycles. The van der Waals surface area contributed by atoms with Crippen molar-refractivity contribution < 1.29 is 19.0 Å². The zero-order valence-corrected chi connectivity index (χ0v) is 18.2. The van der Waals surface area contributed by atoms with E-state index in [-0.39, 0.29) is 17.3 Å². The predicted octanol–water partition coefficient (Wildman–Crippen LogP) is 5.30. The van der Waals surface area contributed by atoms with Crippen molar-refractivity contribution in [2.45, 2.75) is 18.8 Å². The maximum atomic E-state index is 13.8. The van der Waals surface area contributed by atoms with Crippen molar-refractivity contribution in [3.8, 4) is 16.8 Å². The van der Waals surface area contributed by atoms with Crippen LogP contribution in [0.5, 0.6) is 0 Å². The highest BCUT2D eigenvalue weighted by Crippen LogP contribution is 2.43. The van der Waals surface area contributed by atoms with E-state index >= 15 is 0 Å². The van der Waals surface area contributed by atoms with Crippen molar-refractivity contribution in [2.75, 3.05) is 13.2 Å². The van der Waals surface area contributed by atoms with Crippen LogP contribution in [0.4, 0.5) is 4.39 Å². The fraction of sp³-hybridized carbons (Fsp3) is 0.192. The maximum absolute atomic E-state index is 13.8. The zero-order chi connectivity index (χ0) is 23.2. The number of halogens is 1. The molecule has 2 N–H and O–H groups in total. The van der Waals surface area contributed by atoms with Gasteiger partial charge in [-0.05, 0) is 60.9 Å². The number of rotatable bonds is 4. The zero-order valence-electron chi connectivity index (χ0n) is 18.2. The Labute approximate surface area is 193 Å². The van der Waals surface area contributed by atoms with E-state index < -0.39 is 5.97 Å². The number of H-pyrrole nitrogens is 1. The lowest BCUT2D eigenvalue weighted by atomic mass is 9.90. The van der Waals surface area contributed by atoms with E-state index in [0.29, 0.717) is 18.9 Å². The van der Waals surface area contributed by atoms with Crippen LogP contribution in [0.15, 0.2) is 60.8 Å². The molecule has 1 saturated heterocycles. The van der Waals surface area contributed by atoms with Crippen molar-refractivity contribution >= 4 is 28.0 Å². The fourth-order valence-electron chi connectivity index (χ4n) is 4.88. The summed E-state index contributed by atoms with van der Waals surface area (Å²) in [6.07, 6.45) is 3.42. The first-order valence-corrected chi connectivity index (χ1v) is 11.2. The van der Waals surface area contributed by atoms with Crippen molar-refractivity contribution in [2.24, 2.45) is 0 Å². The Kier molecular flexibility index (Phi) is 4.88. The van der Waals surface area contributed by atoms with Crippen molar-refractivity contribution in [3.63, 3.8) is 0 Å². The number of benzene rings is 2. The maximum Gasteiger partial charge on any atom is 0.335 e. The number of aromatic carboxylic acids is 1. The van der Waals surface area contributed by atoms with Gasteiger partial charge in [-0.15, -0.1) is 0 Å². The third-order valence-corrected chi connectivity index (χ3v) is 6.49. The summed E-state index contributed by atoms with van der Waals surface area (Å²) in [5.41, 5.74) is 6.30. The minimum atomic E-state index is -0.970. The first kappa shape index (κ1) is 20.6. The molecule has 4 heterocycles. The first-order valence-electron chi connectivity index (χ1n) is 11.2. The molecule has 6 rings (SSSR count). The van der Waals surface area contributed by atoms with Gasteiger partial charge in [0.2, 0.25) is 0 Å². The SMILES string of the molecule is O=C(O)c1ccc(-c2c(C3CCOCC3)n(-c3ccc(F)cc3)c3cc4cn[nH]c4nc23)cc1. The second-order valence-corrected chi connectivity index (χ2v) is 8.51. The van der Waals surface area contributed by atoms with E-state index in [2.05, 4.69) is 14.8 Å². The van der Waals surface area contributed by atoms with Crippen LogP contribution >= 0.6 is 0 Å². The van der Waals surface area contributed by atoms with Gasteiger partial charge in [-0.25, -0.2) is 14.2 Å². The number of ether oxygens (including phenoxy) is 1. The molecule has 3 aromatic heterocycles. The number of hydrogen-bond acceptors (Lipinski definition) is 4. The van der Waals surface area contributed by atoms with Gasteiger partial charge in [-0.2, -0.15) is 5.10 Å². The second kappa shape index (κ2) is 8.07. The first-order chi connectivity index (χ1) is 16.6. The largest absolute Gasteiger partial charge is 0.478 e. The topological polar surface area (TPSA) is 93.0 Å². The Balaban J connectivity index is 1.71. The number of fused-ring (bicyclic) bond motifs is 2. The Morgan fingerprint density at radius 1 is 1.09 bits per heavy atom. The quantitative estimate of drug-likeness (QED) is 0.383. The minimum Gasteiger partial charge on any atom is -0.478 e. The molecule has 0 saturated carbocycles. The summed E-state index contributed by atoms with van der Waals surface area (Å²) in [6.45, 7) is 1.32. The van der Waals surface area contributed by atoms with Crippen LogP contribution in [0.3, 0.4) is 0 Å². The summed E-state index contributed by atoms with van der Waals surface area (Å²) in [5.74, 6) is -1.08. The molecule has 7 nitrogen and oxygen atoms in total. The molecule has 8 heteroatoms. The summed E-state index contributed by atoms with van der Waals surface area (Å²) in [6, 6.07) is 15.4. The molecule has 0 atom stereocenters. The number of aromatic nitrogens is 4. The fourth-order valence-corrected chi connectivity index (χ4v) is 4.88. The van der Waals surface area contributed by atoms with Crippen LogP contribution in [-0.4, -0.2) is 44.0 Å². The lowest BCUT2D eigenvalue weighted by molar-refractivity contribution is 0.0697. The number of nitrogens with zero attached hydrogens (tertiary/aromatic N) is 3. The highest BCUT2D eigenvalue weighted by atomic mass is 19.1. The van der Waals surface area contributed by atoms with E-state index in [4.69, 9.17) is 9.72 Å². The Hall–Kier alpha value is -4.04. The number of hydrogen-bond donors (Lipinski definition) is 2. The predicted molar refractivity (Wildman–Crippen MR) is 126 cm³/mol. The molecule has 1 aliphatic rings. The number of nitrogens with one attached hydrogen (secondary N) is 1. The van der Waals surface area contributed by atoms with Gasteiger partial charge in [0.25, 0.3) is 0 Å². The Bertz CT molecular complexity index is 1510. The number of carbonyl (C=O) groups is 1. The van der Waals surface area contributed by atoms with E-state index in [9.17, 15) is 14.3 Å². The third kappa shape index (κ3) is 3.34. The average Bonchev–Trinajstić information content (AvgIpc) is 3.45. The van der Waals surface area contributed by atoms with Crippen molar-refractivity contribution in [1.82, 2.24) is 19.7 Å². The van der Waals surface area contributed by atoms with Crippen molar-refractivity contribution in [3.05, 3.63) is 77.9 Å². The summed E-state index contributed by atoms with van der Waals surface area (Å²) in [5, 5.41) is 17.3. The molecular weight excluding hydrogens is 435 g/mol. The van der Waals surface area contributed by atoms with Crippen LogP contribution in [-0.2, 0) is 4.74 Å². The number of carboxylic acids is 1. The van der Waals surface area contributed by atoms with Crippen LogP contribution in [0, 0.1) is 5.82 Å². The molecule has 170 valence electrons. The molecule has 2 aromatic carbocycles. The highest BCUT2D eigenvalue weighted by molar-refractivity contribution is 6.02. The monoisotopic (exact) mass is 456 g/mol. The summed E-state index contributed by atoms with van der Waals surface area (Å²) < 4.78 is 21.6. The lowest BCUT2D eigenvalue weighted by Crippen LogP contribution is -2.17. The van der Waals surface area contributed by atoms with Gasteiger partial charge in [0.1, 0.15) is 5.82 Å². The number of aromatic amines is 1. The van der Waals surface area contributed by atoms with Crippen LogP contribution in [0.1, 0.15) is 34.8 Å². The second-order valence-electron chi connectivity index (χ2n) is 8.51. The molecule has 0 unspecified atom stereocenters. The minimum absolute atomic E-state index is 0.193. The third-order valence-electron chi connectivity index (χ3n) is 6.49. The molecule has 0 spiro atoms. The standard InChI is InChI=1S/C26H21FN4O3/c27-19-5-7-20(8-6-19)31-21-13-18-14-28-30-25(18)29-23(21)22(24(31)16-9-11-34-12-10-16)15-1-3-17(4-2-15)26(32)33/h1-8,13-14,16H,9-12H2,(H,32,33)(H,28,29,30).